The van der Waals surface area contributed by atoms with E-state index in [1.54, 1.807) is 41.7 Å². The van der Waals surface area contributed by atoms with Crippen molar-refractivity contribution in [2.24, 2.45) is 4.99 Å². The van der Waals surface area contributed by atoms with E-state index in [9.17, 15) is 9.59 Å². The van der Waals surface area contributed by atoms with Crippen LogP contribution >= 0.6 is 11.3 Å². The molecule has 1 aliphatic rings. The number of nitrogens with zero attached hydrogens (tertiary/aromatic N) is 1. The van der Waals surface area contributed by atoms with Gasteiger partial charge in [-0.25, -0.2) is 9.79 Å². The van der Waals surface area contributed by atoms with Crippen molar-refractivity contribution < 1.29 is 14.3 Å². The first-order valence-corrected chi connectivity index (χ1v) is 7.49. The average Bonchev–Trinajstić information content (AvgIpc) is 3.10. The summed E-state index contributed by atoms with van der Waals surface area (Å²) >= 11 is 1.55. The predicted octanol–water partition coefficient (Wildman–Crippen LogP) is 3.05. The van der Waals surface area contributed by atoms with Gasteiger partial charge >= 0.3 is 5.97 Å². The van der Waals surface area contributed by atoms with Crippen molar-refractivity contribution in [2.75, 3.05) is 5.32 Å². The number of carbonyl (C=O) groups is 2. The predicted molar refractivity (Wildman–Crippen MR) is 85.7 cm³/mol. The number of aliphatic imine (C=N–C) groups is 1. The van der Waals surface area contributed by atoms with E-state index in [1.807, 2.05) is 16.8 Å². The zero-order chi connectivity index (χ0) is 15.5. The van der Waals surface area contributed by atoms with Crippen molar-refractivity contribution in [3.05, 3.63) is 57.9 Å². The molecular formula is C16H12N2O3S. The van der Waals surface area contributed by atoms with Gasteiger partial charge in [0.1, 0.15) is 0 Å². The summed E-state index contributed by atoms with van der Waals surface area (Å²) in [6.07, 6.45) is 1.69. The Hall–Kier alpha value is -2.73. The molecular weight excluding hydrogens is 300 g/mol. The van der Waals surface area contributed by atoms with Crippen LogP contribution in [0.15, 0.2) is 51.8 Å². The maximum atomic E-state index is 11.8. The Kier molecular flexibility index (Phi) is 3.84. The Labute approximate surface area is 131 Å². The van der Waals surface area contributed by atoms with E-state index in [1.165, 1.54) is 6.92 Å². The topological polar surface area (TPSA) is 67.8 Å². The van der Waals surface area contributed by atoms with Gasteiger partial charge in [-0.2, -0.15) is 11.3 Å². The summed E-state index contributed by atoms with van der Waals surface area (Å²) in [6.45, 7) is 1.44. The molecule has 0 aliphatic carbocycles. The molecule has 0 saturated heterocycles. The van der Waals surface area contributed by atoms with Gasteiger partial charge in [-0.05, 0) is 52.7 Å². The second-order valence-corrected chi connectivity index (χ2v) is 5.43. The minimum atomic E-state index is -0.466. The number of benzene rings is 1. The highest BCUT2D eigenvalue weighted by atomic mass is 32.1. The molecule has 1 N–H and O–H groups in total. The number of hydrogen-bond acceptors (Lipinski definition) is 5. The van der Waals surface area contributed by atoms with Gasteiger partial charge in [0.2, 0.25) is 11.8 Å². The van der Waals surface area contributed by atoms with Crippen molar-refractivity contribution >= 4 is 40.9 Å². The van der Waals surface area contributed by atoms with Gasteiger partial charge in [-0.1, -0.05) is 0 Å². The Bertz CT molecular complexity index is 774. The average molecular weight is 312 g/mol. The highest BCUT2D eigenvalue weighted by molar-refractivity contribution is 7.08. The Morgan fingerprint density at radius 2 is 2.05 bits per heavy atom. The number of hydrogen-bond donors (Lipinski definition) is 1. The fourth-order valence-corrected chi connectivity index (χ4v) is 2.57. The largest absolute Gasteiger partial charge is 0.402 e. The first-order valence-electron chi connectivity index (χ1n) is 6.54. The van der Waals surface area contributed by atoms with Crippen LogP contribution in [0, 0.1) is 0 Å². The molecule has 3 rings (SSSR count). The summed E-state index contributed by atoms with van der Waals surface area (Å²) < 4.78 is 5.19. The highest BCUT2D eigenvalue weighted by Gasteiger charge is 2.24. The third-order valence-corrected chi connectivity index (χ3v) is 3.62. The fraction of sp³-hybridized carbons (Fsp3) is 0.0625. The van der Waals surface area contributed by atoms with Gasteiger partial charge in [0.25, 0.3) is 0 Å². The van der Waals surface area contributed by atoms with Crippen LogP contribution in [0.2, 0.25) is 0 Å². The van der Waals surface area contributed by atoms with Gasteiger partial charge in [0.15, 0.2) is 5.70 Å². The van der Waals surface area contributed by atoms with Crippen LogP contribution in [0.25, 0.3) is 6.08 Å². The third kappa shape index (κ3) is 3.12. The molecule has 0 bridgehead atoms. The lowest BCUT2D eigenvalue weighted by Gasteiger charge is -2.03. The van der Waals surface area contributed by atoms with Crippen LogP contribution in [-0.2, 0) is 14.3 Å². The van der Waals surface area contributed by atoms with Crippen LogP contribution < -0.4 is 5.32 Å². The summed E-state index contributed by atoms with van der Waals surface area (Å²) in [4.78, 5) is 27.0. The van der Waals surface area contributed by atoms with Gasteiger partial charge in [0.05, 0.1) is 0 Å². The molecule has 2 heterocycles. The molecule has 110 valence electrons. The lowest BCUT2D eigenvalue weighted by Crippen LogP contribution is -2.07. The summed E-state index contributed by atoms with van der Waals surface area (Å²) in [5, 5.41) is 6.53. The third-order valence-electron chi connectivity index (χ3n) is 2.92. The molecule has 5 nitrogen and oxygen atoms in total. The van der Waals surface area contributed by atoms with Crippen molar-refractivity contribution in [2.45, 2.75) is 6.92 Å². The quantitative estimate of drug-likeness (QED) is 0.699. The molecule has 1 aromatic carbocycles. The lowest BCUT2D eigenvalue weighted by atomic mass is 10.2. The Morgan fingerprint density at radius 3 is 2.68 bits per heavy atom. The van der Waals surface area contributed by atoms with Gasteiger partial charge in [-0.3, -0.25) is 4.79 Å². The zero-order valence-corrected chi connectivity index (χ0v) is 12.5. The summed E-state index contributed by atoms with van der Waals surface area (Å²) in [5.74, 6) is -0.341. The molecule has 1 amide bonds. The standard InChI is InChI=1S/C16H12N2O3S/c1-10(19)17-13-4-2-12(3-5-13)15-18-14(16(20)21-15)8-11-6-7-22-9-11/h2-9H,1H3,(H,17,19). The van der Waals surface area contributed by atoms with Gasteiger partial charge in [-0.15, -0.1) is 0 Å². The number of ether oxygens (including phenoxy) is 1. The molecule has 1 aromatic heterocycles. The highest BCUT2D eigenvalue weighted by Crippen LogP contribution is 2.21. The summed E-state index contributed by atoms with van der Waals surface area (Å²) in [5.41, 5.74) is 2.55. The van der Waals surface area contributed by atoms with E-state index in [0.29, 0.717) is 11.3 Å². The van der Waals surface area contributed by atoms with Crippen molar-refractivity contribution in [3.63, 3.8) is 0 Å². The zero-order valence-electron chi connectivity index (χ0n) is 11.7. The molecule has 0 spiro atoms. The molecule has 0 saturated carbocycles. The Balaban J connectivity index is 1.83. The minimum Gasteiger partial charge on any atom is -0.402 e. The van der Waals surface area contributed by atoms with Crippen molar-refractivity contribution in [1.29, 1.82) is 0 Å². The van der Waals surface area contributed by atoms with E-state index in [4.69, 9.17) is 4.74 Å². The number of rotatable bonds is 3. The molecule has 22 heavy (non-hydrogen) atoms. The molecule has 0 fully saturated rings. The van der Waals surface area contributed by atoms with Crippen LogP contribution in [0.3, 0.4) is 0 Å². The van der Waals surface area contributed by atoms with Crippen LogP contribution in [-0.4, -0.2) is 17.8 Å². The molecule has 0 unspecified atom stereocenters. The number of nitrogens with one attached hydrogen (secondary N) is 1. The second kappa shape index (κ2) is 5.95. The monoisotopic (exact) mass is 312 g/mol. The van der Waals surface area contributed by atoms with E-state index in [-0.39, 0.29) is 17.5 Å². The fourth-order valence-electron chi connectivity index (χ4n) is 1.95. The number of cyclic esters (lactones) is 1. The van der Waals surface area contributed by atoms with Crippen LogP contribution in [0.5, 0.6) is 0 Å². The first kappa shape index (κ1) is 14.2. The molecule has 2 aromatic rings. The molecule has 6 heteroatoms. The molecule has 1 aliphatic heterocycles. The number of anilines is 1. The summed E-state index contributed by atoms with van der Waals surface area (Å²) in [6, 6.07) is 8.85. The van der Waals surface area contributed by atoms with Crippen LogP contribution in [0.1, 0.15) is 18.1 Å². The summed E-state index contributed by atoms with van der Waals surface area (Å²) in [7, 11) is 0. The lowest BCUT2D eigenvalue weighted by molar-refractivity contribution is -0.129. The number of thiophene rings is 1. The van der Waals surface area contributed by atoms with Crippen molar-refractivity contribution in [3.8, 4) is 0 Å². The van der Waals surface area contributed by atoms with E-state index < -0.39 is 5.97 Å². The maximum absolute atomic E-state index is 11.8. The minimum absolute atomic E-state index is 0.140. The normalized spacial score (nSPS) is 15.6. The van der Waals surface area contributed by atoms with Gasteiger partial charge in [0, 0.05) is 18.2 Å². The van der Waals surface area contributed by atoms with Gasteiger partial charge < -0.3 is 10.1 Å². The number of esters is 1. The van der Waals surface area contributed by atoms with E-state index in [0.717, 1.165) is 5.56 Å². The number of carbonyl (C=O) groups excluding carboxylic acids is 2. The smallest absolute Gasteiger partial charge is 0.363 e. The molecule has 0 atom stereocenters. The molecule has 0 radical (unpaired) electrons. The van der Waals surface area contributed by atoms with Crippen LogP contribution in [0.4, 0.5) is 5.69 Å². The maximum Gasteiger partial charge on any atom is 0.363 e. The Morgan fingerprint density at radius 1 is 1.27 bits per heavy atom. The number of amides is 1. The van der Waals surface area contributed by atoms with E-state index in [2.05, 4.69) is 10.3 Å². The first-order chi connectivity index (χ1) is 10.6. The van der Waals surface area contributed by atoms with Crippen molar-refractivity contribution in [1.82, 2.24) is 0 Å². The second-order valence-electron chi connectivity index (χ2n) is 4.65. The SMILES string of the molecule is CC(=O)Nc1ccc(C2=NC(=Cc3ccsc3)C(=O)O2)cc1. The van der Waals surface area contributed by atoms with E-state index >= 15 is 0 Å².